The lowest BCUT2D eigenvalue weighted by Gasteiger charge is -2.19. The number of amidine groups is 2. The fourth-order valence-electron chi connectivity index (χ4n) is 2.33. The molecule has 0 spiro atoms. The fourth-order valence-corrected chi connectivity index (χ4v) is 2.33. The standard InChI is InChI=1S/C15H19N9/c1-4-18-12-5-6-19-15-11(8-20-24(12)15)21-13-9(16)7-10(17)14(22-13)23(2)3/h5-8,17-18H,4,16H2,1-3H3/b17-10?,21-13-. The van der Waals surface area contributed by atoms with Gasteiger partial charge in [-0.1, -0.05) is 0 Å². The Labute approximate surface area is 139 Å². The lowest BCUT2D eigenvalue weighted by Crippen LogP contribution is -2.34. The van der Waals surface area contributed by atoms with E-state index in [1.807, 2.05) is 27.1 Å². The van der Waals surface area contributed by atoms with Gasteiger partial charge in [0.2, 0.25) is 0 Å². The second-order valence-corrected chi connectivity index (χ2v) is 5.40. The highest BCUT2D eigenvalue weighted by molar-refractivity contribution is 6.48. The molecule has 2 aromatic rings. The molecule has 2 aromatic heterocycles. The number of fused-ring (bicyclic) bond motifs is 1. The first kappa shape index (κ1) is 15.7. The highest BCUT2D eigenvalue weighted by Gasteiger charge is 2.18. The van der Waals surface area contributed by atoms with Gasteiger partial charge in [-0.05, 0) is 19.1 Å². The summed E-state index contributed by atoms with van der Waals surface area (Å²) in [7, 11) is 3.64. The summed E-state index contributed by atoms with van der Waals surface area (Å²) in [4.78, 5) is 15.0. The molecule has 0 saturated carbocycles. The summed E-state index contributed by atoms with van der Waals surface area (Å²) >= 11 is 0. The zero-order valence-electron chi connectivity index (χ0n) is 13.8. The normalized spacial score (nSPS) is 16.3. The molecule has 0 fully saturated rings. The average molecular weight is 325 g/mol. The molecule has 0 saturated heterocycles. The topological polar surface area (TPSA) is 120 Å². The quantitative estimate of drug-likeness (QED) is 0.778. The zero-order valence-corrected chi connectivity index (χ0v) is 13.8. The van der Waals surface area contributed by atoms with Crippen molar-refractivity contribution < 1.29 is 0 Å². The van der Waals surface area contributed by atoms with Crippen LogP contribution in [0.1, 0.15) is 6.92 Å². The Kier molecular flexibility index (Phi) is 3.98. The lowest BCUT2D eigenvalue weighted by atomic mass is 10.2. The third-order valence-electron chi connectivity index (χ3n) is 3.40. The van der Waals surface area contributed by atoms with E-state index in [-0.39, 0.29) is 5.71 Å². The van der Waals surface area contributed by atoms with E-state index < -0.39 is 0 Å². The van der Waals surface area contributed by atoms with Crippen molar-refractivity contribution in [2.45, 2.75) is 6.92 Å². The number of aliphatic imine (C=N–C) groups is 2. The van der Waals surface area contributed by atoms with Gasteiger partial charge in [-0.3, -0.25) is 5.41 Å². The highest BCUT2D eigenvalue weighted by atomic mass is 15.3. The highest BCUT2D eigenvalue weighted by Crippen LogP contribution is 2.22. The van der Waals surface area contributed by atoms with E-state index >= 15 is 0 Å². The number of hydrogen-bond acceptors (Lipinski definition) is 7. The Hall–Kier alpha value is -3.23. The van der Waals surface area contributed by atoms with E-state index in [2.05, 4.69) is 25.4 Å². The first-order valence-corrected chi connectivity index (χ1v) is 7.49. The van der Waals surface area contributed by atoms with E-state index in [1.54, 1.807) is 27.9 Å². The molecule has 9 nitrogen and oxygen atoms in total. The van der Waals surface area contributed by atoms with Crippen LogP contribution < -0.4 is 11.1 Å². The minimum absolute atomic E-state index is 0.254. The molecule has 3 rings (SSSR count). The summed E-state index contributed by atoms with van der Waals surface area (Å²) in [6, 6.07) is 1.85. The number of nitrogens with one attached hydrogen (secondary N) is 2. The van der Waals surface area contributed by atoms with E-state index in [0.717, 1.165) is 12.4 Å². The van der Waals surface area contributed by atoms with Crippen molar-refractivity contribution in [3.8, 4) is 0 Å². The Morgan fingerprint density at radius 2 is 2.21 bits per heavy atom. The summed E-state index contributed by atoms with van der Waals surface area (Å²) in [5, 5.41) is 15.5. The minimum Gasteiger partial charge on any atom is -0.396 e. The van der Waals surface area contributed by atoms with Crippen LogP contribution in [0.2, 0.25) is 0 Å². The van der Waals surface area contributed by atoms with Gasteiger partial charge in [-0.25, -0.2) is 15.0 Å². The number of dihydropyridines is 1. The number of nitrogens with two attached hydrogens (primary N) is 1. The molecular formula is C15H19N9. The van der Waals surface area contributed by atoms with Gasteiger partial charge in [-0.15, -0.1) is 0 Å². The van der Waals surface area contributed by atoms with Gasteiger partial charge in [-0.2, -0.15) is 9.61 Å². The van der Waals surface area contributed by atoms with Gasteiger partial charge in [0, 0.05) is 26.8 Å². The maximum atomic E-state index is 7.93. The van der Waals surface area contributed by atoms with Crippen molar-refractivity contribution >= 4 is 34.5 Å². The van der Waals surface area contributed by atoms with E-state index in [9.17, 15) is 0 Å². The average Bonchev–Trinajstić information content (AvgIpc) is 2.94. The summed E-state index contributed by atoms with van der Waals surface area (Å²) in [6.07, 6.45) is 4.86. The zero-order chi connectivity index (χ0) is 17.3. The van der Waals surface area contributed by atoms with Crippen LogP contribution >= 0.6 is 0 Å². The predicted molar refractivity (Wildman–Crippen MR) is 95.4 cm³/mol. The summed E-state index contributed by atoms with van der Waals surface area (Å²) in [5.41, 5.74) is 7.74. The molecule has 124 valence electrons. The van der Waals surface area contributed by atoms with Crippen LogP contribution in [0.3, 0.4) is 0 Å². The van der Waals surface area contributed by atoms with Gasteiger partial charge in [0.1, 0.15) is 11.5 Å². The number of aromatic nitrogens is 3. The molecule has 0 aliphatic carbocycles. The molecule has 0 bridgehead atoms. The van der Waals surface area contributed by atoms with Crippen LogP contribution in [0, 0.1) is 5.41 Å². The second-order valence-electron chi connectivity index (χ2n) is 5.40. The van der Waals surface area contributed by atoms with Gasteiger partial charge < -0.3 is 16.0 Å². The van der Waals surface area contributed by atoms with E-state index in [4.69, 9.17) is 11.1 Å². The summed E-state index contributed by atoms with van der Waals surface area (Å²) in [5.74, 6) is 1.68. The number of hydrogen-bond donors (Lipinski definition) is 3. The Bertz CT molecular complexity index is 885. The molecule has 24 heavy (non-hydrogen) atoms. The van der Waals surface area contributed by atoms with Crippen molar-refractivity contribution in [2.75, 3.05) is 26.0 Å². The monoisotopic (exact) mass is 325 g/mol. The molecular weight excluding hydrogens is 306 g/mol. The molecule has 1 aliphatic rings. The van der Waals surface area contributed by atoms with Crippen LogP contribution in [0.15, 0.2) is 40.2 Å². The maximum absolute atomic E-state index is 7.93. The number of anilines is 1. The van der Waals surface area contributed by atoms with Gasteiger partial charge in [0.25, 0.3) is 0 Å². The molecule has 0 unspecified atom stereocenters. The third kappa shape index (κ3) is 2.71. The fraction of sp³-hybridized carbons (Fsp3) is 0.267. The third-order valence-corrected chi connectivity index (χ3v) is 3.40. The molecule has 1 aliphatic heterocycles. The van der Waals surface area contributed by atoms with Crippen LogP contribution in [0.25, 0.3) is 5.65 Å². The molecule has 3 heterocycles. The molecule has 0 amide bonds. The van der Waals surface area contributed by atoms with Crippen molar-refractivity contribution in [3.63, 3.8) is 0 Å². The van der Waals surface area contributed by atoms with Crippen LogP contribution in [0.5, 0.6) is 0 Å². The molecule has 0 aromatic carbocycles. The molecule has 0 radical (unpaired) electrons. The maximum Gasteiger partial charge on any atom is 0.183 e. The van der Waals surface area contributed by atoms with Crippen LogP contribution in [0.4, 0.5) is 11.5 Å². The Morgan fingerprint density at radius 3 is 2.92 bits per heavy atom. The lowest BCUT2D eigenvalue weighted by molar-refractivity contribution is 0.631. The van der Waals surface area contributed by atoms with E-state index in [0.29, 0.717) is 28.7 Å². The van der Waals surface area contributed by atoms with Crippen molar-refractivity contribution in [2.24, 2.45) is 15.7 Å². The number of rotatable bonds is 3. The summed E-state index contributed by atoms with van der Waals surface area (Å²) in [6.45, 7) is 2.79. The van der Waals surface area contributed by atoms with Gasteiger partial charge in [0.05, 0.1) is 17.6 Å². The molecule has 9 heteroatoms. The molecule has 0 atom stereocenters. The van der Waals surface area contributed by atoms with Crippen LogP contribution in [-0.4, -0.2) is 57.5 Å². The minimum atomic E-state index is 0.254. The Balaban J connectivity index is 2.08. The summed E-state index contributed by atoms with van der Waals surface area (Å²) < 4.78 is 1.68. The first-order chi connectivity index (χ1) is 11.5. The van der Waals surface area contributed by atoms with Crippen molar-refractivity contribution in [3.05, 3.63) is 30.2 Å². The van der Waals surface area contributed by atoms with E-state index in [1.165, 1.54) is 0 Å². The van der Waals surface area contributed by atoms with Gasteiger partial charge in [0.15, 0.2) is 17.3 Å². The smallest absolute Gasteiger partial charge is 0.183 e. The number of nitrogens with zero attached hydrogens (tertiary/aromatic N) is 6. The second kappa shape index (κ2) is 6.11. The predicted octanol–water partition coefficient (Wildman–Crippen LogP) is 1.03. The van der Waals surface area contributed by atoms with Gasteiger partial charge >= 0.3 is 0 Å². The largest absolute Gasteiger partial charge is 0.396 e. The van der Waals surface area contributed by atoms with Crippen LogP contribution in [-0.2, 0) is 0 Å². The molecule has 4 N–H and O–H groups in total. The Morgan fingerprint density at radius 1 is 1.42 bits per heavy atom. The first-order valence-electron chi connectivity index (χ1n) is 7.49. The SMILES string of the molecule is CCNc1ccnc2c(/N=C3\N=C(N(C)C)C(=N)C=C3N)cnn12. The van der Waals surface area contributed by atoms with Crippen molar-refractivity contribution in [1.82, 2.24) is 19.5 Å². The van der Waals surface area contributed by atoms with Crippen molar-refractivity contribution in [1.29, 1.82) is 5.41 Å².